The van der Waals surface area contributed by atoms with Gasteiger partial charge in [-0.3, -0.25) is 19.3 Å². The second-order valence-electron chi connectivity index (χ2n) is 7.21. The molecule has 0 atom stereocenters. The van der Waals surface area contributed by atoms with E-state index in [1.165, 1.54) is 0 Å². The van der Waals surface area contributed by atoms with Crippen LogP contribution >= 0.6 is 0 Å². The summed E-state index contributed by atoms with van der Waals surface area (Å²) in [5.41, 5.74) is 0.424. The molecule has 9 heteroatoms. The maximum Gasteiger partial charge on any atom is 0.321 e. The number of furan rings is 2. The van der Waals surface area contributed by atoms with Crippen LogP contribution in [-0.2, 0) is 19.4 Å². The van der Waals surface area contributed by atoms with Gasteiger partial charge in [0.05, 0.1) is 16.9 Å². The predicted octanol–water partition coefficient (Wildman–Crippen LogP) is 1.61. The summed E-state index contributed by atoms with van der Waals surface area (Å²) in [4.78, 5) is 37.4. The second-order valence-corrected chi connectivity index (χ2v) is 9.39. The van der Waals surface area contributed by atoms with Gasteiger partial charge in [-0.05, 0) is 39.3 Å². The number of rotatable bonds is 6. The molecule has 0 fully saturated rings. The number of carbonyl (C=O) groups excluding carboxylic acids is 3. The minimum Gasteiger partial charge on any atom is -0.459 e. The molecule has 0 N–H and O–H groups in total. The van der Waals surface area contributed by atoms with Crippen LogP contribution in [0.1, 0.15) is 47.9 Å². The molecule has 0 aromatic carbocycles. The van der Waals surface area contributed by atoms with Crippen molar-refractivity contribution in [2.45, 2.75) is 32.8 Å². The van der Waals surface area contributed by atoms with E-state index in [2.05, 4.69) is 0 Å². The first kappa shape index (κ1) is 18.4. The molecule has 0 unspecified atom stereocenters. The van der Waals surface area contributed by atoms with E-state index in [1.807, 2.05) is 0 Å². The molecule has 2 aromatic heterocycles. The number of benzene rings is 1. The standard InChI is InChI=1S/C17H19NO7S/c1-17(2,3)25-12(19)9-26(22,23)8-4-7-18-15(20)13-10-5-6-11(24-10)14(13)16(18)21/h5-6H,4,7-9H2,1-3H3. The van der Waals surface area contributed by atoms with Crippen LogP contribution in [0.3, 0.4) is 0 Å². The molecule has 3 heterocycles. The van der Waals surface area contributed by atoms with E-state index in [0.717, 1.165) is 4.90 Å². The van der Waals surface area contributed by atoms with E-state index in [1.54, 1.807) is 32.9 Å². The Kier molecular flexibility index (Phi) is 4.30. The first-order chi connectivity index (χ1) is 12.0. The number of sulfone groups is 1. The van der Waals surface area contributed by atoms with Crippen LogP contribution in [0, 0.1) is 0 Å². The van der Waals surface area contributed by atoms with Gasteiger partial charge in [-0.2, -0.15) is 0 Å². The highest BCUT2D eigenvalue weighted by atomic mass is 32.2. The first-order valence-corrected chi connectivity index (χ1v) is 9.94. The minimum atomic E-state index is -3.69. The Morgan fingerprint density at radius 1 is 1.12 bits per heavy atom. The maximum absolute atomic E-state index is 12.4. The molecule has 8 nitrogen and oxygen atoms in total. The molecule has 26 heavy (non-hydrogen) atoms. The molecule has 140 valence electrons. The van der Waals surface area contributed by atoms with E-state index >= 15 is 0 Å². The predicted molar refractivity (Wildman–Crippen MR) is 91.9 cm³/mol. The molecule has 2 bridgehead atoms. The summed E-state index contributed by atoms with van der Waals surface area (Å²) >= 11 is 0. The molecule has 0 saturated carbocycles. The highest BCUT2D eigenvalue weighted by Gasteiger charge is 2.41. The lowest BCUT2D eigenvalue weighted by Crippen LogP contribution is -2.33. The number of hydrogen-bond acceptors (Lipinski definition) is 7. The van der Waals surface area contributed by atoms with Gasteiger partial charge in [0.15, 0.2) is 9.84 Å². The summed E-state index contributed by atoms with van der Waals surface area (Å²) in [7, 11) is -3.69. The Bertz CT molecular complexity index is 936. The Labute approximate surface area is 150 Å². The first-order valence-electron chi connectivity index (χ1n) is 8.12. The molecule has 0 aliphatic carbocycles. The number of esters is 1. The van der Waals surface area contributed by atoms with Crippen molar-refractivity contribution in [1.29, 1.82) is 0 Å². The molecule has 2 amide bonds. The third-order valence-corrected chi connectivity index (χ3v) is 5.45. The number of carbonyl (C=O) groups is 3. The van der Waals surface area contributed by atoms with Crippen molar-refractivity contribution in [2.75, 3.05) is 18.1 Å². The molecular weight excluding hydrogens is 362 g/mol. The van der Waals surface area contributed by atoms with Crippen LogP contribution in [0.2, 0.25) is 0 Å². The minimum absolute atomic E-state index is 0.0429. The Balaban J connectivity index is 1.57. The van der Waals surface area contributed by atoms with Crippen molar-refractivity contribution in [1.82, 2.24) is 4.90 Å². The van der Waals surface area contributed by atoms with Crippen LogP contribution in [0.4, 0.5) is 0 Å². The summed E-state index contributed by atoms with van der Waals surface area (Å²) in [6.07, 6.45) is 0.0438. The zero-order chi connectivity index (χ0) is 19.3. The molecule has 0 saturated heterocycles. The Morgan fingerprint density at radius 2 is 1.65 bits per heavy atom. The number of imide groups is 1. The van der Waals surface area contributed by atoms with Crippen molar-refractivity contribution >= 4 is 38.8 Å². The fraction of sp³-hybridized carbons (Fsp3) is 0.471. The van der Waals surface area contributed by atoms with Crippen LogP contribution in [0.5, 0.6) is 0 Å². The van der Waals surface area contributed by atoms with Gasteiger partial charge in [0.1, 0.15) is 22.5 Å². The number of fused-ring (bicyclic) bond motifs is 5. The van der Waals surface area contributed by atoms with Crippen molar-refractivity contribution in [3.05, 3.63) is 23.3 Å². The third kappa shape index (κ3) is 3.44. The van der Waals surface area contributed by atoms with E-state index in [4.69, 9.17) is 9.15 Å². The summed E-state index contributed by atoms with van der Waals surface area (Å²) < 4.78 is 34.4. The molecule has 1 aliphatic rings. The summed E-state index contributed by atoms with van der Waals surface area (Å²) in [5, 5.41) is 0. The normalized spacial score (nSPS) is 15.1. The SMILES string of the molecule is CC(C)(C)OC(=O)CS(=O)(=O)CCCN1C(=O)c2c(c3ccc2o3)C1=O. The molecule has 0 spiro atoms. The lowest BCUT2D eigenvalue weighted by Gasteiger charge is -2.19. The van der Waals surface area contributed by atoms with Crippen molar-refractivity contribution in [3.63, 3.8) is 0 Å². The van der Waals surface area contributed by atoms with Gasteiger partial charge in [-0.25, -0.2) is 8.42 Å². The molecule has 0 radical (unpaired) electrons. The quantitative estimate of drug-likeness (QED) is 0.552. The summed E-state index contributed by atoms with van der Waals surface area (Å²) in [6.45, 7) is 4.90. The topological polar surface area (TPSA) is 111 Å². The average Bonchev–Trinajstić information content (AvgIpc) is 3.13. The average molecular weight is 381 g/mol. The number of nitrogens with zero attached hydrogens (tertiary/aromatic N) is 1. The van der Waals surface area contributed by atoms with E-state index in [9.17, 15) is 22.8 Å². The van der Waals surface area contributed by atoms with Gasteiger partial charge in [-0.1, -0.05) is 0 Å². The van der Waals surface area contributed by atoms with Gasteiger partial charge < -0.3 is 9.15 Å². The summed E-state index contributed by atoms with van der Waals surface area (Å²) in [5.74, 6) is -2.84. The fourth-order valence-corrected chi connectivity index (χ4v) is 4.04. The zero-order valence-electron chi connectivity index (χ0n) is 14.7. The lowest BCUT2D eigenvalue weighted by atomic mass is 10.1. The lowest BCUT2D eigenvalue weighted by molar-refractivity contribution is -0.151. The highest BCUT2D eigenvalue weighted by molar-refractivity contribution is 7.92. The van der Waals surface area contributed by atoms with Crippen molar-refractivity contribution in [3.8, 4) is 0 Å². The summed E-state index contributed by atoms with van der Waals surface area (Å²) in [6, 6.07) is 3.24. The van der Waals surface area contributed by atoms with Gasteiger partial charge in [-0.15, -0.1) is 0 Å². The number of ether oxygens (including phenoxy) is 1. The molecular formula is C17H19NO7S. The van der Waals surface area contributed by atoms with Crippen LogP contribution in [0.15, 0.2) is 16.5 Å². The van der Waals surface area contributed by atoms with Crippen molar-refractivity contribution in [2.24, 2.45) is 0 Å². The van der Waals surface area contributed by atoms with Crippen LogP contribution in [-0.4, -0.2) is 54.8 Å². The third-order valence-electron chi connectivity index (χ3n) is 3.86. The fourth-order valence-electron chi connectivity index (χ4n) is 2.91. The van der Waals surface area contributed by atoms with Gasteiger partial charge in [0, 0.05) is 6.54 Å². The van der Waals surface area contributed by atoms with E-state index < -0.39 is 39.0 Å². The smallest absolute Gasteiger partial charge is 0.321 e. The van der Waals surface area contributed by atoms with Crippen molar-refractivity contribution < 1.29 is 32.0 Å². The van der Waals surface area contributed by atoms with Gasteiger partial charge in [0.2, 0.25) is 0 Å². The Morgan fingerprint density at radius 3 is 2.15 bits per heavy atom. The Hall–Kier alpha value is -2.42. The zero-order valence-corrected chi connectivity index (χ0v) is 15.5. The number of hydrogen-bond donors (Lipinski definition) is 0. The highest BCUT2D eigenvalue weighted by Crippen LogP contribution is 2.35. The second kappa shape index (κ2) is 6.08. The van der Waals surface area contributed by atoms with E-state index in [-0.39, 0.29) is 29.8 Å². The van der Waals surface area contributed by atoms with Gasteiger partial charge >= 0.3 is 5.97 Å². The van der Waals surface area contributed by atoms with Crippen LogP contribution in [0.25, 0.3) is 11.2 Å². The van der Waals surface area contributed by atoms with Gasteiger partial charge in [0.25, 0.3) is 11.8 Å². The monoisotopic (exact) mass is 381 g/mol. The molecule has 2 aromatic rings. The van der Waals surface area contributed by atoms with Crippen LogP contribution < -0.4 is 0 Å². The largest absolute Gasteiger partial charge is 0.459 e. The molecule has 1 aliphatic heterocycles. The molecule has 3 rings (SSSR count). The maximum atomic E-state index is 12.4. The number of amides is 2. The van der Waals surface area contributed by atoms with E-state index in [0.29, 0.717) is 11.2 Å².